The lowest BCUT2D eigenvalue weighted by molar-refractivity contribution is -0.0120. The molecule has 16 bridgehead atoms. The summed E-state index contributed by atoms with van der Waals surface area (Å²) in [4.78, 5) is 75.0. The van der Waals surface area contributed by atoms with E-state index in [1.165, 1.54) is 159 Å². The molecule has 16 aliphatic rings. The monoisotopic (exact) mass is 1470 g/mol. The van der Waals surface area contributed by atoms with Crippen LogP contribution in [0, 0.1) is 112 Å². The molecule has 4 aromatic heterocycles. The third kappa shape index (κ3) is 15.3. The molecule has 23 nitrogen and oxygen atoms in total. The van der Waals surface area contributed by atoms with Crippen molar-refractivity contribution >= 4 is 29.6 Å². The number of methoxy groups -OCH3 is 1. The summed E-state index contributed by atoms with van der Waals surface area (Å²) >= 11 is 0. The number of hydrogen-bond donors (Lipinski definition) is 5. The van der Waals surface area contributed by atoms with E-state index in [0.717, 1.165) is 64.0 Å². The number of halogens is 1. The minimum absolute atomic E-state index is 0.0783. The van der Waals surface area contributed by atoms with Gasteiger partial charge in [0.1, 0.15) is 47.9 Å². The second kappa shape index (κ2) is 30.9. The molecular weight excluding hydrogens is 1370 g/mol. The van der Waals surface area contributed by atoms with Crippen LogP contribution in [0.2, 0.25) is 0 Å². The van der Waals surface area contributed by atoms with Crippen LogP contribution >= 0.6 is 0 Å². The van der Waals surface area contributed by atoms with Gasteiger partial charge < -0.3 is 45.3 Å². The molecule has 24 heteroatoms. The third-order valence-corrected chi connectivity index (χ3v) is 27.2. The van der Waals surface area contributed by atoms with Gasteiger partial charge in [-0.15, -0.1) is 0 Å². The normalized spacial score (nSPS) is 31.0. The Bertz CT molecular complexity index is 4430. The number of benzene rings is 3. The van der Waals surface area contributed by atoms with Gasteiger partial charge in [-0.3, -0.25) is 28.7 Å². The number of hydrogen-bond acceptors (Lipinski definition) is 14. The summed E-state index contributed by atoms with van der Waals surface area (Å²) < 4.78 is 41.7. The van der Waals surface area contributed by atoms with Crippen LogP contribution in [0.5, 0.6) is 17.6 Å². The highest BCUT2D eigenvalue weighted by atomic mass is 19.1. The number of carbonyl (C=O) groups excluding carboxylic acids is 5. The number of aromatic amines is 1. The Morgan fingerprint density at radius 3 is 0.981 bits per heavy atom. The molecule has 16 aliphatic carbocycles. The van der Waals surface area contributed by atoms with Gasteiger partial charge in [-0.05, 0) is 276 Å². The van der Waals surface area contributed by atoms with Gasteiger partial charge in [-0.2, -0.15) is 20.6 Å². The lowest BCUT2D eigenvalue weighted by atomic mass is 9.54. The predicted octanol–water partition coefficient (Wildman–Crippen LogP) is 11.7. The predicted molar refractivity (Wildman–Crippen MR) is 397 cm³/mol. The summed E-state index contributed by atoms with van der Waals surface area (Å²) in [5.41, 5.74) is 5.21. The molecule has 0 aliphatic heterocycles. The average Bonchev–Trinajstić information content (AvgIpc) is 1.36. The van der Waals surface area contributed by atoms with Crippen molar-refractivity contribution in [3.8, 4) is 23.7 Å². The van der Waals surface area contributed by atoms with Crippen molar-refractivity contribution in [1.82, 2.24) is 60.4 Å². The summed E-state index contributed by atoms with van der Waals surface area (Å²) in [7, 11) is 8.31. The topological polar surface area (TPSA) is 285 Å². The highest BCUT2D eigenvalue weighted by Crippen LogP contribution is 2.57. The molecular formula is C84H102FN13O10. The summed E-state index contributed by atoms with van der Waals surface area (Å²) in [6.07, 6.45) is 32.1. The SMILES string of the molecule is COC(=O)c1ccc(COc2c(C(=O)NC3C4CC5CC(C4)CC3C5)cnn2C)cc1.Cn1[nH]cc(C(=O)NC2C3CC4CC(C3)CC2C4)c1=O.Cn1ncc(C(=O)NC2C3CC4CC(C3)CC2C4)c1OCc1ccc(C#N)cc1.Cn1ncc(C(=O)NC2C3CC4CC(C3)CC2C4)c1OCc1ccc(F)cc1. The molecule has 16 fully saturated rings. The fraction of sp³-hybridized carbons (Fsp3) is 0.571. The van der Waals surface area contributed by atoms with Crippen molar-refractivity contribution in [3.63, 3.8) is 0 Å². The van der Waals surface area contributed by atoms with Gasteiger partial charge in [0.25, 0.3) is 29.2 Å². The summed E-state index contributed by atoms with van der Waals surface area (Å²) in [6.45, 7) is 0.862. The van der Waals surface area contributed by atoms with Gasteiger partial charge in [0.05, 0.1) is 42.9 Å². The van der Waals surface area contributed by atoms with Crippen molar-refractivity contribution in [1.29, 1.82) is 5.26 Å². The first-order valence-electron chi connectivity index (χ1n) is 39.6. The Kier molecular flexibility index (Phi) is 20.8. The summed E-state index contributed by atoms with van der Waals surface area (Å²) in [5, 5.41) is 37.5. The van der Waals surface area contributed by atoms with Crippen LogP contribution in [-0.2, 0) is 52.7 Å². The lowest BCUT2D eigenvalue weighted by Gasteiger charge is -2.54. The Morgan fingerprint density at radius 1 is 0.435 bits per heavy atom. The molecule has 108 heavy (non-hydrogen) atoms. The minimum Gasteiger partial charge on any atom is -0.472 e. The zero-order valence-electron chi connectivity index (χ0n) is 62.6. The van der Waals surface area contributed by atoms with Gasteiger partial charge in [0.2, 0.25) is 17.6 Å². The van der Waals surface area contributed by atoms with Crippen molar-refractivity contribution in [2.75, 3.05) is 7.11 Å². The molecule has 3 aromatic carbocycles. The maximum atomic E-state index is 13.1. The van der Waals surface area contributed by atoms with E-state index in [9.17, 15) is 33.2 Å². The van der Waals surface area contributed by atoms with Gasteiger partial charge in [-0.1, -0.05) is 36.4 Å². The molecule has 4 amide bonds. The number of aromatic nitrogens is 8. The van der Waals surface area contributed by atoms with Crippen LogP contribution in [0.25, 0.3) is 0 Å². The zero-order valence-corrected chi connectivity index (χ0v) is 62.6. The molecule has 16 saturated carbocycles. The van der Waals surface area contributed by atoms with Crippen LogP contribution in [0.1, 0.15) is 202 Å². The second-order valence-electron chi connectivity index (χ2n) is 34.2. The number of carbonyl (C=O) groups is 5. The van der Waals surface area contributed by atoms with E-state index >= 15 is 0 Å². The minimum atomic E-state index is -0.372. The maximum Gasteiger partial charge on any atom is 0.337 e. The van der Waals surface area contributed by atoms with Gasteiger partial charge in [0.15, 0.2) is 0 Å². The van der Waals surface area contributed by atoms with Crippen LogP contribution < -0.4 is 41.0 Å². The molecule has 0 saturated heterocycles. The smallest absolute Gasteiger partial charge is 0.337 e. The number of nitriles is 1. The number of nitrogens with one attached hydrogen (secondary N) is 5. The summed E-state index contributed by atoms with van der Waals surface area (Å²) in [5.74, 6) is 12.4. The standard InChI is InChI=1S/C24H29N3O4.C23H26N4O2.C22H26FN3O2.C15H21N3O2/c1-27-23(31-13-14-3-5-17(6-4-14)24(29)30-2)20(12-25-27)22(28)26-21-18-8-15-7-16(10-18)11-19(21)9-15;1-27-23(29-13-15-4-2-14(11-24)3-5-15)20(12-25-27)22(28)26-21-18-7-16-6-17(9-18)10-19(21)8-16;1-26-22(28-12-13-2-4-18(23)5-3-13)19(11-24-26)21(27)25-20-16-7-14-6-15(9-16)10-17(20)8-14;1-18-15(20)12(7-16-18)14(19)17-13-10-3-8-2-9(5-10)6-11(13)4-8/h3-6,12,15-16,18-19,21H,7-11,13H2,1-2H3,(H,26,28);2-5,12,16-19,21H,6-10,13H2,1H3,(H,26,28);2-5,11,14-17,20H,6-10,12H2,1H3,(H,25,27);7-11,13,16H,2-6H2,1H3,(H,17,19). The molecule has 7 aromatic rings. The molecule has 0 atom stereocenters. The van der Waals surface area contributed by atoms with Gasteiger partial charge in [0, 0.05) is 58.6 Å². The lowest BCUT2D eigenvalue weighted by Crippen LogP contribution is -2.56. The Balaban J connectivity index is 0.000000111. The van der Waals surface area contributed by atoms with E-state index in [1.807, 2.05) is 24.3 Å². The van der Waals surface area contributed by atoms with Gasteiger partial charge in [-0.25, -0.2) is 23.2 Å². The largest absolute Gasteiger partial charge is 0.472 e. The maximum absolute atomic E-state index is 13.1. The molecule has 0 radical (unpaired) electrons. The quantitative estimate of drug-likeness (QED) is 0.0500. The van der Waals surface area contributed by atoms with Crippen LogP contribution in [-0.4, -0.2) is 100.0 Å². The fourth-order valence-electron chi connectivity index (χ4n) is 23.0. The number of nitrogens with zero attached hydrogens (tertiary/aromatic N) is 8. The van der Waals surface area contributed by atoms with Crippen molar-refractivity contribution in [3.05, 3.63) is 164 Å². The number of rotatable bonds is 18. The molecule has 570 valence electrons. The van der Waals surface area contributed by atoms with Crippen molar-refractivity contribution < 1.29 is 47.3 Å². The highest BCUT2D eigenvalue weighted by Gasteiger charge is 2.53. The highest BCUT2D eigenvalue weighted by molar-refractivity contribution is 5.98. The molecule has 0 spiro atoms. The fourth-order valence-corrected chi connectivity index (χ4v) is 23.0. The average molecular weight is 1470 g/mol. The Morgan fingerprint density at radius 2 is 0.713 bits per heavy atom. The first kappa shape index (κ1) is 72.7. The third-order valence-electron chi connectivity index (χ3n) is 27.2. The van der Waals surface area contributed by atoms with E-state index in [1.54, 1.807) is 97.2 Å². The molecule has 23 rings (SSSR count). The first-order valence-corrected chi connectivity index (χ1v) is 39.6. The molecule has 0 unspecified atom stereocenters. The number of H-pyrrole nitrogens is 1. The van der Waals surface area contributed by atoms with Gasteiger partial charge >= 0.3 is 5.97 Å². The van der Waals surface area contributed by atoms with Crippen LogP contribution in [0.4, 0.5) is 4.39 Å². The van der Waals surface area contributed by atoms with E-state index in [0.29, 0.717) is 105 Å². The summed E-state index contributed by atoms with van der Waals surface area (Å²) in [6, 6.07) is 23.7. The Labute approximate surface area is 629 Å². The molecule has 4 heterocycles. The van der Waals surface area contributed by atoms with E-state index in [-0.39, 0.29) is 77.9 Å². The zero-order chi connectivity index (χ0) is 74.6. The number of aryl methyl sites for hydroxylation is 4. The van der Waals surface area contributed by atoms with E-state index in [2.05, 4.69) is 47.7 Å². The van der Waals surface area contributed by atoms with Crippen molar-refractivity contribution in [2.24, 2.45) is 123 Å². The van der Waals surface area contributed by atoms with E-state index < -0.39 is 0 Å². The molecule has 5 N–H and O–H groups in total. The Hall–Kier alpha value is -9.53. The first-order chi connectivity index (χ1) is 52.3. The number of esters is 1. The number of ether oxygens (including phenoxy) is 4. The van der Waals surface area contributed by atoms with Crippen LogP contribution in [0.3, 0.4) is 0 Å². The second-order valence-corrected chi connectivity index (χ2v) is 34.2. The van der Waals surface area contributed by atoms with E-state index in [4.69, 9.17) is 24.2 Å². The van der Waals surface area contributed by atoms with Crippen molar-refractivity contribution in [2.45, 2.75) is 172 Å². The van der Waals surface area contributed by atoms with Crippen LogP contribution in [0.15, 0.2) is 102 Å². The number of amides is 4.